The van der Waals surface area contributed by atoms with Crippen LogP contribution in [-0.2, 0) is 0 Å². The summed E-state index contributed by atoms with van der Waals surface area (Å²) >= 11 is 9.16. The molecule has 0 unspecified atom stereocenters. The second-order valence-electron chi connectivity index (χ2n) is 3.74. The van der Waals surface area contributed by atoms with E-state index < -0.39 is 11.7 Å². The lowest BCUT2D eigenvalue weighted by molar-refractivity contribution is 0.102. The van der Waals surface area contributed by atoms with Gasteiger partial charge in [0.1, 0.15) is 11.6 Å². The van der Waals surface area contributed by atoms with Crippen LogP contribution in [0.5, 0.6) is 5.75 Å². The number of hydrogen-bond acceptors (Lipinski definition) is 2. The highest BCUT2D eigenvalue weighted by molar-refractivity contribution is 9.10. The summed E-state index contributed by atoms with van der Waals surface area (Å²) in [6.07, 6.45) is 0. The number of phenols is 1. The molecular formula is C13H8BrClFNO2. The first kappa shape index (κ1) is 13.8. The van der Waals surface area contributed by atoms with E-state index in [-0.39, 0.29) is 22.0 Å². The van der Waals surface area contributed by atoms with Crippen LogP contribution in [0.25, 0.3) is 0 Å². The Bertz CT molecular complexity index is 649. The molecule has 98 valence electrons. The second kappa shape index (κ2) is 5.59. The van der Waals surface area contributed by atoms with Gasteiger partial charge in [-0.2, -0.15) is 0 Å². The molecule has 0 saturated heterocycles. The normalized spacial score (nSPS) is 10.3. The van der Waals surface area contributed by atoms with E-state index in [0.29, 0.717) is 0 Å². The van der Waals surface area contributed by atoms with Gasteiger partial charge in [-0.3, -0.25) is 4.79 Å². The molecule has 0 aromatic heterocycles. The van der Waals surface area contributed by atoms with Crippen LogP contribution in [0.4, 0.5) is 10.1 Å². The molecule has 2 N–H and O–H groups in total. The minimum atomic E-state index is -0.721. The molecule has 0 aliphatic heterocycles. The number of carbonyl (C=O) groups is 1. The van der Waals surface area contributed by atoms with Gasteiger partial charge in [0.2, 0.25) is 0 Å². The first-order chi connectivity index (χ1) is 8.97. The molecule has 0 saturated carbocycles. The lowest BCUT2D eigenvalue weighted by atomic mass is 10.2. The van der Waals surface area contributed by atoms with E-state index in [4.69, 9.17) is 16.7 Å². The second-order valence-corrected chi connectivity index (χ2v) is 5.07. The van der Waals surface area contributed by atoms with Gasteiger partial charge in [-0.05, 0) is 30.3 Å². The summed E-state index contributed by atoms with van der Waals surface area (Å²) in [5.74, 6) is -1.46. The zero-order valence-corrected chi connectivity index (χ0v) is 11.8. The van der Waals surface area contributed by atoms with Crippen molar-refractivity contribution in [3.63, 3.8) is 0 Å². The molecule has 1 amide bonds. The Hall–Kier alpha value is -1.59. The Morgan fingerprint density at radius 2 is 2.00 bits per heavy atom. The van der Waals surface area contributed by atoms with Crippen LogP contribution in [0.3, 0.4) is 0 Å². The van der Waals surface area contributed by atoms with Crippen molar-refractivity contribution in [3.8, 4) is 5.75 Å². The first-order valence-electron chi connectivity index (χ1n) is 5.22. The predicted octanol–water partition coefficient (Wildman–Crippen LogP) is 4.20. The largest absolute Gasteiger partial charge is 0.508 e. The first-order valence-corrected chi connectivity index (χ1v) is 6.39. The topological polar surface area (TPSA) is 49.3 Å². The van der Waals surface area contributed by atoms with Crippen molar-refractivity contribution in [1.29, 1.82) is 0 Å². The third-order valence-corrected chi connectivity index (χ3v) is 3.18. The lowest BCUT2D eigenvalue weighted by Gasteiger charge is -2.08. The molecule has 2 aromatic carbocycles. The fraction of sp³-hybridized carbons (Fsp3) is 0. The number of anilines is 1. The summed E-state index contributed by atoms with van der Waals surface area (Å²) in [6, 6.07) is 8.23. The number of benzene rings is 2. The zero-order chi connectivity index (χ0) is 14.0. The molecule has 0 spiro atoms. The monoisotopic (exact) mass is 343 g/mol. The van der Waals surface area contributed by atoms with Crippen LogP contribution in [0.15, 0.2) is 40.9 Å². The maximum Gasteiger partial charge on any atom is 0.257 e. The summed E-state index contributed by atoms with van der Waals surface area (Å²) < 4.78 is 14.2. The molecule has 0 atom stereocenters. The average Bonchev–Trinajstić information content (AvgIpc) is 2.32. The Labute approximate surface area is 122 Å². The number of amides is 1. The summed E-state index contributed by atoms with van der Waals surface area (Å²) in [5.41, 5.74) is 0.208. The minimum Gasteiger partial charge on any atom is -0.508 e. The van der Waals surface area contributed by atoms with Gasteiger partial charge in [0, 0.05) is 10.5 Å². The highest BCUT2D eigenvalue weighted by atomic mass is 79.9. The molecule has 2 aromatic rings. The number of halogens is 3. The number of nitrogens with one attached hydrogen (secondary N) is 1. The van der Waals surface area contributed by atoms with Gasteiger partial charge < -0.3 is 10.4 Å². The molecule has 6 heteroatoms. The van der Waals surface area contributed by atoms with E-state index in [1.54, 1.807) is 12.1 Å². The molecule has 2 rings (SSSR count). The molecule has 3 nitrogen and oxygen atoms in total. The van der Waals surface area contributed by atoms with Crippen LogP contribution in [0, 0.1) is 5.82 Å². The fourth-order valence-corrected chi connectivity index (χ4v) is 2.23. The number of aromatic hydroxyl groups is 1. The van der Waals surface area contributed by atoms with Crippen molar-refractivity contribution < 1.29 is 14.3 Å². The van der Waals surface area contributed by atoms with Gasteiger partial charge in [-0.15, -0.1) is 0 Å². The molecule has 0 fully saturated rings. The van der Waals surface area contributed by atoms with Crippen molar-refractivity contribution in [3.05, 3.63) is 57.3 Å². The van der Waals surface area contributed by atoms with E-state index in [9.17, 15) is 9.18 Å². The minimum absolute atomic E-state index is 0.0261. The molecule has 19 heavy (non-hydrogen) atoms. The molecule has 0 heterocycles. The van der Waals surface area contributed by atoms with Crippen molar-refractivity contribution in [1.82, 2.24) is 0 Å². The highest BCUT2D eigenvalue weighted by Crippen LogP contribution is 2.24. The average molecular weight is 345 g/mol. The third kappa shape index (κ3) is 3.24. The van der Waals surface area contributed by atoms with Crippen LogP contribution in [0.2, 0.25) is 5.02 Å². The maximum absolute atomic E-state index is 13.5. The van der Waals surface area contributed by atoms with Crippen molar-refractivity contribution in [2.24, 2.45) is 0 Å². The number of phenolic OH excluding ortho intramolecular Hbond substituents is 1. The quantitative estimate of drug-likeness (QED) is 0.802. The van der Waals surface area contributed by atoms with Gasteiger partial charge >= 0.3 is 0 Å². The van der Waals surface area contributed by atoms with E-state index >= 15 is 0 Å². The third-order valence-electron chi connectivity index (χ3n) is 2.38. The number of rotatable bonds is 2. The summed E-state index contributed by atoms with van der Waals surface area (Å²) in [6.45, 7) is 0. The van der Waals surface area contributed by atoms with Crippen LogP contribution in [0.1, 0.15) is 10.4 Å². The molecule has 0 radical (unpaired) electrons. The predicted molar refractivity (Wildman–Crippen MR) is 75.2 cm³/mol. The van der Waals surface area contributed by atoms with E-state index in [2.05, 4.69) is 21.2 Å². The van der Waals surface area contributed by atoms with Gasteiger partial charge in [0.25, 0.3) is 5.91 Å². The van der Waals surface area contributed by atoms with Crippen molar-refractivity contribution in [2.45, 2.75) is 0 Å². The van der Waals surface area contributed by atoms with Crippen LogP contribution < -0.4 is 5.32 Å². The summed E-state index contributed by atoms with van der Waals surface area (Å²) in [4.78, 5) is 11.9. The number of hydrogen-bond donors (Lipinski definition) is 2. The zero-order valence-electron chi connectivity index (χ0n) is 9.45. The number of carbonyl (C=O) groups excluding carboxylic acids is 1. The fourth-order valence-electron chi connectivity index (χ4n) is 1.47. The van der Waals surface area contributed by atoms with Gasteiger partial charge in [0.05, 0.1) is 16.3 Å². The molecule has 0 aliphatic carbocycles. The summed E-state index contributed by atoms with van der Waals surface area (Å²) in [7, 11) is 0. The molecule has 0 aliphatic rings. The Morgan fingerprint density at radius 3 is 2.63 bits per heavy atom. The lowest BCUT2D eigenvalue weighted by Crippen LogP contribution is -2.13. The standard InChI is InChI=1S/C13H8BrClFNO2/c14-7-1-3-9(10(15)5-7)13(19)17-12-4-2-8(18)6-11(12)16/h1-6,18H,(H,17,19). The van der Waals surface area contributed by atoms with Gasteiger partial charge in [0.15, 0.2) is 0 Å². The van der Waals surface area contributed by atoms with Crippen molar-refractivity contribution in [2.75, 3.05) is 5.32 Å². The Balaban J connectivity index is 2.25. The molecular weight excluding hydrogens is 337 g/mol. The van der Waals surface area contributed by atoms with E-state index in [1.165, 1.54) is 18.2 Å². The Kier molecular flexibility index (Phi) is 4.07. The van der Waals surface area contributed by atoms with E-state index in [1.807, 2.05) is 0 Å². The molecule has 0 bridgehead atoms. The highest BCUT2D eigenvalue weighted by Gasteiger charge is 2.13. The Morgan fingerprint density at radius 1 is 1.26 bits per heavy atom. The van der Waals surface area contributed by atoms with Gasteiger partial charge in [-0.25, -0.2) is 4.39 Å². The van der Waals surface area contributed by atoms with Gasteiger partial charge in [-0.1, -0.05) is 27.5 Å². The summed E-state index contributed by atoms with van der Waals surface area (Å²) in [5, 5.41) is 11.7. The maximum atomic E-state index is 13.5. The SMILES string of the molecule is O=C(Nc1ccc(O)cc1F)c1ccc(Br)cc1Cl. The van der Waals surface area contributed by atoms with Crippen LogP contribution in [-0.4, -0.2) is 11.0 Å². The van der Waals surface area contributed by atoms with E-state index in [0.717, 1.165) is 10.5 Å². The van der Waals surface area contributed by atoms with Crippen LogP contribution >= 0.6 is 27.5 Å². The smallest absolute Gasteiger partial charge is 0.257 e. The van der Waals surface area contributed by atoms with Crippen molar-refractivity contribution >= 4 is 39.1 Å².